The van der Waals surface area contributed by atoms with Crippen LogP contribution in [0.3, 0.4) is 0 Å². The van der Waals surface area contributed by atoms with Crippen LogP contribution in [0.25, 0.3) is 0 Å². The van der Waals surface area contributed by atoms with Crippen LogP contribution >= 0.6 is 11.6 Å². The number of ether oxygens (including phenoxy) is 1. The van der Waals surface area contributed by atoms with E-state index < -0.39 is 5.91 Å². The van der Waals surface area contributed by atoms with Crippen molar-refractivity contribution in [3.8, 4) is 0 Å². The molecule has 0 aliphatic heterocycles. The number of rotatable bonds is 6. The monoisotopic (exact) mass is 403 g/mol. The predicted molar refractivity (Wildman–Crippen MR) is 109 cm³/mol. The van der Waals surface area contributed by atoms with E-state index in [1.807, 2.05) is 12.1 Å². The Hall–Kier alpha value is -2.25. The van der Waals surface area contributed by atoms with Crippen LogP contribution in [-0.2, 0) is 4.74 Å². The van der Waals surface area contributed by atoms with Crippen molar-refractivity contribution in [2.45, 2.75) is 57.5 Å². The van der Waals surface area contributed by atoms with Gasteiger partial charge in [0, 0.05) is 36.3 Å². The third-order valence-electron chi connectivity index (χ3n) is 5.17. The van der Waals surface area contributed by atoms with Crippen LogP contribution in [-0.4, -0.2) is 34.1 Å². The van der Waals surface area contributed by atoms with Crippen molar-refractivity contribution in [1.29, 1.82) is 0 Å². The number of hydrogen-bond donors (Lipinski definition) is 2. The van der Waals surface area contributed by atoms with Gasteiger partial charge in [-0.15, -0.1) is 0 Å². The number of pyridine rings is 1. The summed E-state index contributed by atoms with van der Waals surface area (Å²) in [5, 5.41) is 3.23. The minimum atomic E-state index is -0.615. The molecule has 1 aliphatic rings. The molecule has 1 saturated carbocycles. The average molecular weight is 404 g/mol. The molecule has 0 saturated heterocycles. The van der Waals surface area contributed by atoms with E-state index in [-0.39, 0.29) is 16.8 Å². The van der Waals surface area contributed by atoms with Crippen molar-refractivity contribution in [2.24, 2.45) is 5.73 Å². The molecule has 1 fully saturated rings. The molecule has 2 aromatic heterocycles. The summed E-state index contributed by atoms with van der Waals surface area (Å²) in [5.74, 6) is 0.327. The zero-order chi connectivity index (χ0) is 20.3. The molecule has 2 heterocycles. The topological polar surface area (TPSA) is 103 Å². The first-order valence-corrected chi connectivity index (χ1v) is 9.89. The maximum atomic E-state index is 11.7. The number of anilines is 2. The van der Waals surface area contributed by atoms with Crippen molar-refractivity contribution in [3.05, 3.63) is 40.6 Å². The second-order valence-corrected chi connectivity index (χ2v) is 7.80. The molecule has 150 valence electrons. The number of hydrogen-bond acceptors (Lipinski definition) is 6. The van der Waals surface area contributed by atoms with Crippen LogP contribution in [0.15, 0.2) is 18.3 Å². The number of nitrogens with one attached hydrogen (secondary N) is 1. The molecule has 2 aromatic rings. The number of halogens is 1. The molecule has 3 N–H and O–H groups in total. The van der Waals surface area contributed by atoms with E-state index >= 15 is 0 Å². The lowest BCUT2D eigenvalue weighted by atomic mass is 9.84. The summed E-state index contributed by atoms with van der Waals surface area (Å²) in [6, 6.07) is 3.99. The van der Waals surface area contributed by atoms with Gasteiger partial charge < -0.3 is 15.8 Å². The van der Waals surface area contributed by atoms with Gasteiger partial charge >= 0.3 is 0 Å². The number of carbonyl (C=O) groups excluding carboxylic acids is 1. The first kappa shape index (κ1) is 20.5. The van der Waals surface area contributed by atoms with E-state index in [2.05, 4.69) is 29.1 Å². The molecular weight excluding hydrogens is 378 g/mol. The molecule has 0 bridgehead atoms. The second kappa shape index (κ2) is 8.84. The van der Waals surface area contributed by atoms with Gasteiger partial charge in [-0.2, -0.15) is 4.98 Å². The number of carbonyl (C=O) groups is 1. The molecule has 0 atom stereocenters. The Morgan fingerprint density at radius 2 is 1.96 bits per heavy atom. The minimum absolute atomic E-state index is 0.0451. The summed E-state index contributed by atoms with van der Waals surface area (Å²) in [5.41, 5.74) is 8.46. The summed E-state index contributed by atoms with van der Waals surface area (Å²) in [4.78, 5) is 24.6. The van der Waals surface area contributed by atoms with E-state index in [1.165, 1.54) is 6.20 Å². The Kier molecular flexibility index (Phi) is 6.46. The third-order valence-corrected chi connectivity index (χ3v) is 5.35. The number of primary amides is 1. The number of nitrogens with two attached hydrogens (primary N) is 1. The number of nitrogens with zero attached hydrogens (tertiary/aromatic N) is 3. The van der Waals surface area contributed by atoms with Crippen LogP contribution in [0, 0.1) is 0 Å². The lowest BCUT2D eigenvalue weighted by Gasteiger charge is -2.28. The summed E-state index contributed by atoms with van der Waals surface area (Å²) in [6.45, 7) is 4.21. The van der Waals surface area contributed by atoms with E-state index in [0.29, 0.717) is 17.8 Å². The fourth-order valence-corrected chi connectivity index (χ4v) is 3.65. The standard InChI is InChI=1S/C20H26ClN5O2/c1-11(2)16-8-13(24-19-15(18(22)27)10-23-20(21)26-19)9-17(25-16)12-4-6-14(28-3)7-5-12/h8-12,14H,4-7H2,1-3H3,(H2,22,27)(H,23,24,25,26). The van der Waals surface area contributed by atoms with E-state index in [4.69, 9.17) is 27.1 Å². The number of aromatic nitrogens is 3. The fourth-order valence-electron chi connectivity index (χ4n) is 3.52. The first-order chi connectivity index (χ1) is 13.4. The Labute approximate surface area is 170 Å². The van der Waals surface area contributed by atoms with Crippen LogP contribution in [0.4, 0.5) is 11.5 Å². The van der Waals surface area contributed by atoms with Gasteiger partial charge in [0.1, 0.15) is 11.4 Å². The van der Waals surface area contributed by atoms with Gasteiger partial charge in [0.25, 0.3) is 5.91 Å². The molecule has 0 unspecified atom stereocenters. The lowest BCUT2D eigenvalue weighted by molar-refractivity contribution is 0.0655. The first-order valence-electron chi connectivity index (χ1n) is 9.51. The average Bonchev–Trinajstić information content (AvgIpc) is 2.67. The molecule has 1 amide bonds. The SMILES string of the molecule is COC1CCC(c2cc(Nc3nc(Cl)ncc3C(N)=O)cc(C(C)C)n2)CC1. The van der Waals surface area contributed by atoms with Gasteiger partial charge in [0.2, 0.25) is 5.28 Å². The highest BCUT2D eigenvalue weighted by molar-refractivity contribution is 6.28. The van der Waals surface area contributed by atoms with E-state index in [0.717, 1.165) is 42.8 Å². The molecule has 28 heavy (non-hydrogen) atoms. The maximum absolute atomic E-state index is 11.7. The molecule has 8 heteroatoms. The Morgan fingerprint density at radius 1 is 1.25 bits per heavy atom. The molecule has 1 aliphatic carbocycles. The second-order valence-electron chi connectivity index (χ2n) is 7.46. The smallest absolute Gasteiger partial charge is 0.254 e. The molecule has 7 nitrogen and oxygen atoms in total. The molecule has 3 rings (SSSR count). The lowest BCUT2D eigenvalue weighted by Crippen LogP contribution is -2.20. The Bertz CT molecular complexity index is 850. The highest BCUT2D eigenvalue weighted by atomic mass is 35.5. The summed E-state index contributed by atoms with van der Waals surface area (Å²) < 4.78 is 5.48. The van der Waals surface area contributed by atoms with Crippen molar-refractivity contribution >= 4 is 29.0 Å². The largest absolute Gasteiger partial charge is 0.381 e. The van der Waals surface area contributed by atoms with Gasteiger partial charge in [0.15, 0.2) is 0 Å². The summed E-state index contributed by atoms with van der Waals surface area (Å²) in [7, 11) is 1.77. The van der Waals surface area contributed by atoms with Crippen LogP contribution in [0.5, 0.6) is 0 Å². The number of methoxy groups -OCH3 is 1. The number of amides is 1. The van der Waals surface area contributed by atoms with Crippen molar-refractivity contribution in [1.82, 2.24) is 15.0 Å². The molecule has 0 aromatic carbocycles. The summed E-state index contributed by atoms with van der Waals surface area (Å²) >= 11 is 5.91. The quantitative estimate of drug-likeness (QED) is 0.702. The Balaban J connectivity index is 1.92. The van der Waals surface area contributed by atoms with E-state index in [9.17, 15) is 4.79 Å². The van der Waals surface area contributed by atoms with Gasteiger partial charge in [-0.25, -0.2) is 4.98 Å². The van der Waals surface area contributed by atoms with Crippen molar-refractivity contribution < 1.29 is 9.53 Å². The van der Waals surface area contributed by atoms with Crippen molar-refractivity contribution in [2.75, 3.05) is 12.4 Å². The zero-order valence-electron chi connectivity index (χ0n) is 16.4. The van der Waals surface area contributed by atoms with Gasteiger partial charge in [-0.05, 0) is 55.3 Å². The predicted octanol–water partition coefficient (Wildman–Crippen LogP) is 4.16. The normalized spacial score (nSPS) is 19.6. The van der Waals surface area contributed by atoms with Crippen LogP contribution in [0.1, 0.15) is 73.1 Å². The zero-order valence-corrected chi connectivity index (χ0v) is 17.2. The molecule has 0 spiro atoms. The van der Waals surface area contributed by atoms with Gasteiger partial charge in [-0.3, -0.25) is 9.78 Å². The molecule has 0 radical (unpaired) electrons. The highest BCUT2D eigenvalue weighted by Gasteiger charge is 2.24. The van der Waals surface area contributed by atoms with E-state index in [1.54, 1.807) is 7.11 Å². The Morgan fingerprint density at radius 3 is 2.57 bits per heavy atom. The fraction of sp³-hybridized carbons (Fsp3) is 0.500. The van der Waals surface area contributed by atoms with Crippen LogP contribution in [0.2, 0.25) is 5.28 Å². The van der Waals surface area contributed by atoms with Gasteiger partial charge in [-0.1, -0.05) is 13.8 Å². The molecular formula is C20H26ClN5O2. The summed E-state index contributed by atoms with van der Waals surface area (Å²) in [6.07, 6.45) is 5.81. The van der Waals surface area contributed by atoms with Gasteiger partial charge in [0.05, 0.1) is 6.10 Å². The van der Waals surface area contributed by atoms with Crippen LogP contribution < -0.4 is 11.1 Å². The minimum Gasteiger partial charge on any atom is -0.381 e. The maximum Gasteiger partial charge on any atom is 0.254 e. The highest BCUT2D eigenvalue weighted by Crippen LogP contribution is 2.35. The third kappa shape index (κ3) is 4.77. The van der Waals surface area contributed by atoms with Crippen molar-refractivity contribution in [3.63, 3.8) is 0 Å².